The SMILES string of the molecule is O=C(c1ccccc1)c1cc(Cl)cc2c1NC(C1CC=CCC1)C1CC=CC21. The number of hydrogen-bond acceptors (Lipinski definition) is 2. The maximum atomic E-state index is 13.3. The number of nitrogens with one attached hydrogen (secondary N) is 1. The van der Waals surface area contributed by atoms with E-state index >= 15 is 0 Å². The minimum Gasteiger partial charge on any atom is -0.381 e. The molecule has 4 unspecified atom stereocenters. The zero-order valence-corrected chi connectivity index (χ0v) is 16.5. The van der Waals surface area contributed by atoms with Gasteiger partial charge in [0.1, 0.15) is 0 Å². The number of carbonyl (C=O) groups excluding carboxylic acids is 1. The Morgan fingerprint density at radius 1 is 1.04 bits per heavy atom. The van der Waals surface area contributed by atoms with E-state index < -0.39 is 0 Å². The summed E-state index contributed by atoms with van der Waals surface area (Å²) in [4.78, 5) is 13.3. The summed E-state index contributed by atoms with van der Waals surface area (Å²) in [6, 6.07) is 13.8. The molecule has 1 heterocycles. The molecular weight excluding hydrogens is 366 g/mol. The Labute approximate surface area is 171 Å². The van der Waals surface area contributed by atoms with Crippen LogP contribution in [0.2, 0.25) is 5.02 Å². The lowest BCUT2D eigenvalue weighted by Gasteiger charge is -2.42. The van der Waals surface area contributed by atoms with Crippen molar-refractivity contribution >= 4 is 23.1 Å². The lowest BCUT2D eigenvalue weighted by Crippen LogP contribution is -2.42. The number of ketones is 1. The van der Waals surface area contributed by atoms with E-state index in [0.29, 0.717) is 39.9 Å². The Morgan fingerprint density at radius 3 is 2.68 bits per heavy atom. The summed E-state index contributed by atoms with van der Waals surface area (Å²) >= 11 is 6.48. The van der Waals surface area contributed by atoms with Crippen molar-refractivity contribution in [2.24, 2.45) is 11.8 Å². The van der Waals surface area contributed by atoms with Crippen LogP contribution in [0.4, 0.5) is 5.69 Å². The van der Waals surface area contributed by atoms with E-state index in [2.05, 4.69) is 35.7 Å². The van der Waals surface area contributed by atoms with Gasteiger partial charge in [-0.1, -0.05) is 66.2 Å². The fourth-order valence-corrected chi connectivity index (χ4v) is 5.46. The fraction of sp³-hybridized carbons (Fsp3) is 0.320. The van der Waals surface area contributed by atoms with E-state index in [1.807, 2.05) is 36.4 Å². The molecule has 0 fully saturated rings. The average molecular weight is 390 g/mol. The first-order chi connectivity index (χ1) is 13.7. The van der Waals surface area contributed by atoms with Crippen LogP contribution in [0, 0.1) is 11.8 Å². The van der Waals surface area contributed by atoms with E-state index in [9.17, 15) is 4.79 Å². The Hall–Kier alpha value is -2.32. The molecule has 142 valence electrons. The maximum absolute atomic E-state index is 13.3. The Morgan fingerprint density at radius 2 is 1.89 bits per heavy atom. The van der Waals surface area contributed by atoms with E-state index in [1.165, 1.54) is 12.0 Å². The van der Waals surface area contributed by atoms with Gasteiger partial charge in [0.2, 0.25) is 0 Å². The number of rotatable bonds is 3. The molecule has 2 aromatic rings. The van der Waals surface area contributed by atoms with Crippen LogP contribution in [0.5, 0.6) is 0 Å². The van der Waals surface area contributed by atoms with E-state index in [0.717, 1.165) is 24.9 Å². The molecule has 0 aromatic heterocycles. The van der Waals surface area contributed by atoms with Crippen LogP contribution in [0.25, 0.3) is 0 Å². The highest BCUT2D eigenvalue weighted by Gasteiger charge is 2.42. The Bertz CT molecular complexity index is 962. The van der Waals surface area contributed by atoms with Crippen molar-refractivity contribution in [1.29, 1.82) is 0 Å². The predicted octanol–water partition coefficient (Wildman–Crippen LogP) is 6.38. The number of benzene rings is 2. The molecule has 0 saturated carbocycles. The van der Waals surface area contributed by atoms with Gasteiger partial charge in [0.05, 0.1) is 0 Å². The quantitative estimate of drug-likeness (QED) is 0.487. The molecular formula is C25H24ClNO. The van der Waals surface area contributed by atoms with Gasteiger partial charge in [-0.25, -0.2) is 0 Å². The number of fused-ring (bicyclic) bond motifs is 3. The molecule has 4 atom stereocenters. The van der Waals surface area contributed by atoms with E-state index in [4.69, 9.17) is 11.6 Å². The van der Waals surface area contributed by atoms with Crippen LogP contribution in [0.15, 0.2) is 66.8 Å². The Balaban J connectivity index is 1.60. The van der Waals surface area contributed by atoms with Crippen LogP contribution < -0.4 is 5.32 Å². The predicted molar refractivity (Wildman–Crippen MR) is 115 cm³/mol. The molecule has 28 heavy (non-hydrogen) atoms. The van der Waals surface area contributed by atoms with Crippen LogP contribution in [-0.4, -0.2) is 11.8 Å². The Kier molecular flexibility index (Phi) is 4.60. The third-order valence-electron chi connectivity index (χ3n) is 6.58. The topological polar surface area (TPSA) is 29.1 Å². The van der Waals surface area contributed by atoms with Gasteiger partial charge in [-0.2, -0.15) is 0 Å². The van der Waals surface area contributed by atoms with Crippen molar-refractivity contribution in [3.8, 4) is 0 Å². The summed E-state index contributed by atoms with van der Waals surface area (Å²) in [6.45, 7) is 0. The second kappa shape index (κ2) is 7.25. The molecule has 0 amide bonds. The lowest BCUT2D eigenvalue weighted by molar-refractivity contribution is 0.103. The molecule has 0 bridgehead atoms. The lowest BCUT2D eigenvalue weighted by atomic mass is 9.71. The van der Waals surface area contributed by atoms with Crippen molar-refractivity contribution < 1.29 is 4.79 Å². The van der Waals surface area contributed by atoms with Gasteiger partial charge in [0.25, 0.3) is 0 Å². The van der Waals surface area contributed by atoms with Gasteiger partial charge in [-0.05, 0) is 55.2 Å². The normalized spacial score (nSPS) is 27.8. The first kappa shape index (κ1) is 17.8. The minimum atomic E-state index is 0.0366. The minimum absolute atomic E-state index is 0.0366. The smallest absolute Gasteiger partial charge is 0.195 e. The largest absolute Gasteiger partial charge is 0.381 e. The zero-order valence-electron chi connectivity index (χ0n) is 15.8. The summed E-state index contributed by atoms with van der Waals surface area (Å²) in [5.74, 6) is 1.53. The van der Waals surface area contributed by atoms with Gasteiger partial charge >= 0.3 is 0 Å². The highest BCUT2D eigenvalue weighted by atomic mass is 35.5. The standard InChI is InChI=1S/C25H24ClNO/c26-18-14-21-19-12-7-13-20(19)23(16-8-3-1-4-9-16)27-24(21)22(15-18)25(28)17-10-5-2-6-11-17/h1-3,5-7,10-12,14-16,19-20,23,27H,4,8-9,13H2. The third-order valence-corrected chi connectivity index (χ3v) is 6.79. The van der Waals surface area contributed by atoms with Crippen LogP contribution >= 0.6 is 11.6 Å². The first-order valence-corrected chi connectivity index (χ1v) is 10.6. The molecule has 0 radical (unpaired) electrons. The molecule has 1 N–H and O–H groups in total. The molecule has 3 heteroatoms. The molecule has 2 aromatic carbocycles. The summed E-state index contributed by atoms with van der Waals surface area (Å²) in [6.07, 6.45) is 13.8. The average Bonchev–Trinajstić information content (AvgIpc) is 3.24. The molecule has 0 spiro atoms. The van der Waals surface area contributed by atoms with Gasteiger partial charge in [0, 0.05) is 33.8 Å². The van der Waals surface area contributed by atoms with Crippen molar-refractivity contribution in [1.82, 2.24) is 0 Å². The van der Waals surface area contributed by atoms with Crippen molar-refractivity contribution in [3.05, 3.63) is 88.5 Å². The van der Waals surface area contributed by atoms with Gasteiger partial charge in [0.15, 0.2) is 5.78 Å². The number of allylic oxidation sites excluding steroid dienone is 4. The van der Waals surface area contributed by atoms with Crippen LogP contribution in [0.1, 0.15) is 53.1 Å². The summed E-state index contributed by atoms with van der Waals surface area (Å²) in [5.41, 5.74) is 3.57. The zero-order chi connectivity index (χ0) is 19.1. The second-order valence-corrected chi connectivity index (χ2v) is 8.62. The third kappa shape index (κ3) is 3.00. The van der Waals surface area contributed by atoms with Gasteiger partial charge in [-0.3, -0.25) is 4.79 Å². The highest BCUT2D eigenvalue weighted by molar-refractivity contribution is 6.31. The first-order valence-electron chi connectivity index (χ1n) is 10.2. The highest BCUT2D eigenvalue weighted by Crippen LogP contribution is 2.49. The monoisotopic (exact) mass is 389 g/mol. The number of halogens is 1. The fourth-order valence-electron chi connectivity index (χ4n) is 5.24. The molecule has 5 rings (SSSR count). The molecule has 1 aliphatic heterocycles. The second-order valence-electron chi connectivity index (χ2n) is 8.18. The summed E-state index contributed by atoms with van der Waals surface area (Å²) < 4.78 is 0. The molecule has 2 nitrogen and oxygen atoms in total. The van der Waals surface area contributed by atoms with Gasteiger partial charge in [-0.15, -0.1) is 0 Å². The van der Waals surface area contributed by atoms with Crippen molar-refractivity contribution in [3.63, 3.8) is 0 Å². The van der Waals surface area contributed by atoms with Gasteiger partial charge < -0.3 is 5.32 Å². The van der Waals surface area contributed by atoms with Crippen LogP contribution in [-0.2, 0) is 0 Å². The van der Waals surface area contributed by atoms with Crippen LogP contribution in [0.3, 0.4) is 0 Å². The maximum Gasteiger partial charge on any atom is 0.195 e. The number of hydrogen-bond donors (Lipinski definition) is 1. The van der Waals surface area contributed by atoms with E-state index in [-0.39, 0.29) is 5.78 Å². The van der Waals surface area contributed by atoms with E-state index in [1.54, 1.807) is 0 Å². The molecule has 2 aliphatic carbocycles. The number of carbonyl (C=O) groups is 1. The molecule has 3 aliphatic rings. The summed E-state index contributed by atoms with van der Waals surface area (Å²) in [5, 5.41) is 4.47. The van der Waals surface area contributed by atoms with Crippen molar-refractivity contribution in [2.75, 3.05) is 5.32 Å². The van der Waals surface area contributed by atoms with Crippen molar-refractivity contribution in [2.45, 2.75) is 37.6 Å². The molecule has 0 saturated heterocycles. The summed E-state index contributed by atoms with van der Waals surface area (Å²) in [7, 11) is 0. The number of anilines is 1.